The molecule has 0 aliphatic carbocycles. The van der Waals surface area contributed by atoms with Gasteiger partial charge in [-0.15, -0.1) is 0 Å². The molecule has 0 aliphatic rings. The number of aliphatic hydroxyl groups is 8. The van der Waals surface area contributed by atoms with Gasteiger partial charge in [-0.2, -0.15) is 8.42 Å². The lowest BCUT2D eigenvalue weighted by Gasteiger charge is -2.23. The van der Waals surface area contributed by atoms with Gasteiger partial charge in [-0.1, -0.05) is 0 Å². The van der Waals surface area contributed by atoms with Gasteiger partial charge in [-0.3, -0.25) is 0 Å². The molecule has 0 amide bonds. The Kier molecular flexibility index (Phi) is 7.06. The van der Waals surface area contributed by atoms with Gasteiger partial charge in [0.05, 0.1) is 0 Å². The van der Waals surface area contributed by atoms with Gasteiger partial charge in [0.2, 0.25) is 12.6 Å². The number of aliphatic hydroxyl groups excluding tert-OH is 2. The molecule has 0 fully saturated rings. The first-order valence-corrected chi connectivity index (χ1v) is 7.23. The molecule has 15 heteroatoms. The Morgan fingerprint density at radius 1 is 0.789 bits per heavy atom. The van der Waals surface area contributed by atoms with Crippen LogP contribution in [0.4, 0.5) is 0 Å². The lowest BCUT2D eigenvalue weighted by atomic mass is 10.6. The minimum atomic E-state index is -4.97. The molecule has 0 aromatic carbocycles. The first-order valence-electron chi connectivity index (χ1n) is 4.08. The van der Waals surface area contributed by atoms with Crippen molar-refractivity contribution in [3.8, 4) is 0 Å². The largest absolute Gasteiger partial charge is 0.405 e. The third-order valence-electron chi connectivity index (χ3n) is 1.31. The first-order chi connectivity index (χ1) is 8.30. The Morgan fingerprint density at radius 2 is 1.05 bits per heavy atom. The SMILES string of the molecule is O=S(=O)(OPC(O)(O)C(O)O)OPC(O)(O)C(O)O. The predicted octanol–water partition coefficient (Wildman–Crippen LogP) is -4.65. The number of hydrogen-bond donors (Lipinski definition) is 8. The van der Waals surface area contributed by atoms with Crippen molar-refractivity contribution in [1.82, 2.24) is 0 Å². The van der Waals surface area contributed by atoms with Crippen LogP contribution in [0.25, 0.3) is 0 Å². The third kappa shape index (κ3) is 7.11. The zero-order chi connectivity index (χ0) is 15.5. The van der Waals surface area contributed by atoms with Crippen LogP contribution in [0, 0.1) is 0 Å². The fourth-order valence-electron chi connectivity index (χ4n) is 0.347. The average Bonchev–Trinajstić information content (AvgIpc) is 2.24. The van der Waals surface area contributed by atoms with Crippen LogP contribution in [0.2, 0.25) is 0 Å². The van der Waals surface area contributed by atoms with Gasteiger partial charge < -0.3 is 40.9 Å². The van der Waals surface area contributed by atoms with E-state index in [1.807, 2.05) is 0 Å². The summed E-state index contributed by atoms with van der Waals surface area (Å²) in [4.78, 5) is 0. The highest BCUT2D eigenvalue weighted by molar-refractivity contribution is 7.88. The van der Waals surface area contributed by atoms with Crippen LogP contribution in [-0.4, -0.2) is 72.9 Å². The molecular weight excluding hydrogens is 334 g/mol. The predicted molar refractivity (Wildman–Crippen MR) is 58.5 cm³/mol. The Bertz CT molecular complexity index is 345. The van der Waals surface area contributed by atoms with Crippen molar-refractivity contribution in [2.24, 2.45) is 0 Å². The van der Waals surface area contributed by atoms with Crippen molar-refractivity contribution in [3.05, 3.63) is 0 Å². The van der Waals surface area contributed by atoms with E-state index >= 15 is 0 Å². The van der Waals surface area contributed by atoms with E-state index in [0.29, 0.717) is 0 Å². The van der Waals surface area contributed by atoms with Crippen molar-refractivity contribution >= 4 is 28.0 Å². The second-order valence-electron chi connectivity index (χ2n) is 2.98. The topological polar surface area (TPSA) is 214 Å². The minimum Gasteiger partial charge on any atom is -0.363 e. The van der Waals surface area contributed by atoms with E-state index < -0.39 is 51.7 Å². The molecule has 0 radical (unpaired) electrons. The lowest BCUT2D eigenvalue weighted by molar-refractivity contribution is -0.237. The molecule has 0 spiro atoms. The standard InChI is InChI=1S/C4H12O12P2S/c5-1(6)3(9,10)17-15-19(13,14)16-18-4(11,12)2(7)8/h1-2,5-12,17-18H. The fourth-order valence-corrected chi connectivity index (χ4v) is 2.80. The Balaban J connectivity index is 4.44. The molecule has 0 aromatic heterocycles. The van der Waals surface area contributed by atoms with Gasteiger partial charge in [-0.05, 0) is 0 Å². The summed E-state index contributed by atoms with van der Waals surface area (Å²) in [5.41, 5.74) is -6.57. The zero-order valence-electron chi connectivity index (χ0n) is 8.77. The Hall–Kier alpha value is 0.410. The normalized spacial score (nSPS) is 15.7. The summed E-state index contributed by atoms with van der Waals surface area (Å²) in [7, 11) is -8.59. The summed E-state index contributed by atoms with van der Waals surface area (Å²) in [6, 6.07) is 0. The molecule has 0 bridgehead atoms. The van der Waals surface area contributed by atoms with E-state index in [-0.39, 0.29) is 0 Å². The van der Waals surface area contributed by atoms with Crippen LogP contribution in [-0.2, 0) is 18.3 Å². The first kappa shape index (κ1) is 19.4. The van der Waals surface area contributed by atoms with Crippen LogP contribution in [0.5, 0.6) is 0 Å². The Morgan fingerprint density at radius 3 is 1.26 bits per heavy atom. The van der Waals surface area contributed by atoms with Crippen molar-refractivity contribution in [3.63, 3.8) is 0 Å². The van der Waals surface area contributed by atoms with Gasteiger partial charge in [0, 0.05) is 0 Å². The van der Waals surface area contributed by atoms with Crippen molar-refractivity contribution in [1.29, 1.82) is 0 Å². The van der Waals surface area contributed by atoms with Crippen LogP contribution < -0.4 is 0 Å². The zero-order valence-corrected chi connectivity index (χ0v) is 11.6. The van der Waals surface area contributed by atoms with E-state index in [2.05, 4.69) is 7.94 Å². The quantitative estimate of drug-likeness (QED) is 0.154. The van der Waals surface area contributed by atoms with Crippen molar-refractivity contribution in [2.45, 2.75) is 23.6 Å². The van der Waals surface area contributed by atoms with Crippen molar-refractivity contribution < 1.29 is 57.2 Å². The molecule has 0 aromatic rings. The molecule has 0 aliphatic heterocycles. The van der Waals surface area contributed by atoms with E-state index in [0.717, 1.165) is 0 Å². The smallest absolute Gasteiger partial charge is 0.363 e. The molecule has 0 heterocycles. The van der Waals surface area contributed by atoms with E-state index in [1.165, 1.54) is 0 Å². The van der Waals surface area contributed by atoms with Crippen LogP contribution in [0.15, 0.2) is 0 Å². The second kappa shape index (κ2) is 6.91. The number of rotatable bonds is 8. The van der Waals surface area contributed by atoms with Gasteiger partial charge in [0.1, 0.15) is 17.6 Å². The van der Waals surface area contributed by atoms with E-state index in [1.54, 1.807) is 0 Å². The summed E-state index contributed by atoms with van der Waals surface area (Å²) >= 11 is 0. The summed E-state index contributed by atoms with van der Waals surface area (Å²) < 4.78 is 29.6. The molecule has 0 saturated carbocycles. The molecule has 116 valence electrons. The minimum absolute atomic E-state index is 1.81. The van der Waals surface area contributed by atoms with Gasteiger partial charge in [0.15, 0.2) is 0 Å². The molecule has 12 nitrogen and oxygen atoms in total. The average molecular weight is 346 g/mol. The molecule has 19 heavy (non-hydrogen) atoms. The summed E-state index contributed by atoms with van der Waals surface area (Å²) in [5.74, 6) is 0. The van der Waals surface area contributed by atoms with E-state index in [4.69, 9.17) is 40.9 Å². The monoisotopic (exact) mass is 346 g/mol. The van der Waals surface area contributed by atoms with Gasteiger partial charge in [-0.25, -0.2) is 7.94 Å². The third-order valence-corrected chi connectivity index (χ3v) is 4.72. The van der Waals surface area contributed by atoms with E-state index in [9.17, 15) is 8.42 Å². The molecule has 2 unspecified atom stereocenters. The molecule has 8 N–H and O–H groups in total. The Labute approximate surface area is 109 Å². The maximum Gasteiger partial charge on any atom is 0.405 e. The van der Waals surface area contributed by atoms with Crippen molar-refractivity contribution in [2.75, 3.05) is 0 Å². The second-order valence-corrected chi connectivity index (χ2v) is 7.01. The highest BCUT2D eigenvalue weighted by atomic mass is 32.3. The van der Waals surface area contributed by atoms with Crippen LogP contribution >= 0.6 is 17.6 Å². The number of hydrogen-bond acceptors (Lipinski definition) is 12. The molecule has 0 rings (SSSR count). The van der Waals surface area contributed by atoms with Gasteiger partial charge in [0.25, 0.3) is 11.1 Å². The summed E-state index contributed by atoms with van der Waals surface area (Å²) in [6.45, 7) is 0. The summed E-state index contributed by atoms with van der Waals surface area (Å²) in [6.07, 6.45) is -5.45. The maximum atomic E-state index is 11.0. The molecule has 0 saturated heterocycles. The van der Waals surface area contributed by atoms with Crippen LogP contribution in [0.3, 0.4) is 0 Å². The maximum absolute atomic E-state index is 11.0. The fraction of sp³-hybridized carbons (Fsp3) is 1.00. The summed E-state index contributed by atoms with van der Waals surface area (Å²) in [5, 5.41) is 68.9. The lowest BCUT2D eigenvalue weighted by Crippen LogP contribution is -2.38. The molecule has 2 atom stereocenters. The van der Waals surface area contributed by atoms with Gasteiger partial charge >= 0.3 is 10.4 Å². The highest BCUT2D eigenvalue weighted by Gasteiger charge is 2.38. The molecular formula is C4H12O12P2S. The van der Waals surface area contributed by atoms with Crippen LogP contribution in [0.1, 0.15) is 0 Å². The highest BCUT2D eigenvalue weighted by Crippen LogP contribution is 2.37.